The fraction of sp³-hybridized carbons (Fsp3) is 0.400. The molecular weight excluding hydrogens is 276 g/mol. The van der Waals surface area contributed by atoms with Crippen molar-refractivity contribution >= 4 is 29.3 Å². The maximum absolute atomic E-state index is 11.9. The molecule has 20 heavy (non-hydrogen) atoms. The lowest BCUT2D eigenvalue weighted by atomic mass is 10.0. The zero-order chi connectivity index (χ0) is 14.0. The molecule has 0 fully saturated rings. The van der Waals surface area contributed by atoms with Crippen LogP contribution in [0.4, 0.5) is 0 Å². The van der Waals surface area contributed by atoms with Crippen LogP contribution >= 0.6 is 12.4 Å². The van der Waals surface area contributed by atoms with E-state index in [2.05, 4.69) is 5.32 Å². The Morgan fingerprint density at radius 3 is 2.50 bits per heavy atom. The predicted molar refractivity (Wildman–Crippen MR) is 82.8 cm³/mol. The van der Waals surface area contributed by atoms with Crippen molar-refractivity contribution in [1.29, 1.82) is 0 Å². The highest BCUT2D eigenvalue weighted by atomic mass is 35.5. The number of nitrogens with two attached hydrogens (primary N) is 1. The van der Waals surface area contributed by atoms with E-state index in [9.17, 15) is 4.79 Å². The van der Waals surface area contributed by atoms with E-state index in [0.29, 0.717) is 0 Å². The minimum absolute atomic E-state index is 0. The zero-order valence-corrected chi connectivity index (χ0v) is 12.7. The van der Waals surface area contributed by atoms with Crippen molar-refractivity contribution in [1.82, 2.24) is 5.32 Å². The van der Waals surface area contributed by atoms with Crippen LogP contribution in [0.3, 0.4) is 0 Å². The van der Waals surface area contributed by atoms with E-state index in [0.717, 1.165) is 16.7 Å². The third-order valence-corrected chi connectivity index (χ3v) is 3.25. The van der Waals surface area contributed by atoms with Crippen LogP contribution in [0.15, 0.2) is 34.7 Å². The SMILES string of the molecule is CC(NC(=O)C(N)C(C)C)c1cc2ccccc2o1.Cl. The number of rotatable bonds is 4. The Morgan fingerprint density at radius 1 is 1.25 bits per heavy atom. The smallest absolute Gasteiger partial charge is 0.237 e. The van der Waals surface area contributed by atoms with Gasteiger partial charge in [0.05, 0.1) is 12.1 Å². The molecule has 2 rings (SSSR count). The van der Waals surface area contributed by atoms with Crippen LogP contribution in [0.5, 0.6) is 0 Å². The number of hydrogen-bond acceptors (Lipinski definition) is 3. The summed E-state index contributed by atoms with van der Waals surface area (Å²) in [6.45, 7) is 5.74. The van der Waals surface area contributed by atoms with Gasteiger partial charge in [0.2, 0.25) is 5.91 Å². The number of hydrogen-bond donors (Lipinski definition) is 2. The lowest BCUT2D eigenvalue weighted by Gasteiger charge is -2.18. The molecule has 2 unspecified atom stereocenters. The van der Waals surface area contributed by atoms with Crippen molar-refractivity contribution in [2.75, 3.05) is 0 Å². The number of amides is 1. The third kappa shape index (κ3) is 3.52. The number of benzene rings is 1. The molecule has 1 aromatic carbocycles. The first-order valence-electron chi connectivity index (χ1n) is 6.53. The molecule has 1 aromatic heterocycles. The van der Waals surface area contributed by atoms with Crippen molar-refractivity contribution in [3.8, 4) is 0 Å². The van der Waals surface area contributed by atoms with Gasteiger partial charge >= 0.3 is 0 Å². The number of carbonyl (C=O) groups excluding carboxylic acids is 1. The molecule has 110 valence electrons. The Hall–Kier alpha value is -1.52. The van der Waals surface area contributed by atoms with Crippen LogP contribution < -0.4 is 11.1 Å². The second kappa shape index (κ2) is 6.77. The normalized spacial score (nSPS) is 13.8. The number of carbonyl (C=O) groups is 1. The van der Waals surface area contributed by atoms with E-state index >= 15 is 0 Å². The number of fused-ring (bicyclic) bond motifs is 1. The molecule has 0 aliphatic rings. The van der Waals surface area contributed by atoms with Gasteiger partial charge < -0.3 is 15.5 Å². The minimum Gasteiger partial charge on any atom is -0.459 e. The molecule has 0 saturated heterocycles. The van der Waals surface area contributed by atoms with Gasteiger partial charge in [-0.3, -0.25) is 4.79 Å². The van der Waals surface area contributed by atoms with Gasteiger partial charge in [0.15, 0.2) is 0 Å². The monoisotopic (exact) mass is 296 g/mol. The molecule has 2 atom stereocenters. The molecule has 5 heteroatoms. The molecule has 4 nitrogen and oxygen atoms in total. The van der Waals surface area contributed by atoms with Gasteiger partial charge in [0, 0.05) is 5.39 Å². The zero-order valence-electron chi connectivity index (χ0n) is 11.9. The first kappa shape index (κ1) is 16.5. The number of nitrogens with one attached hydrogen (secondary N) is 1. The highest BCUT2D eigenvalue weighted by Gasteiger charge is 2.20. The molecule has 0 aliphatic carbocycles. The predicted octanol–water partition coefficient (Wildman–Crippen LogP) is 3.02. The summed E-state index contributed by atoms with van der Waals surface area (Å²) < 4.78 is 5.72. The first-order chi connectivity index (χ1) is 8.99. The number of halogens is 1. The van der Waals surface area contributed by atoms with Gasteiger partial charge in [0.25, 0.3) is 0 Å². The minimum atomic E-state index is -0.494. The van der Waals surface area contributed by atoms with Crippen LogP contribution in [-0.4, -0.2) is 11.9 Å². The summed E-state index contributed by atoms with van der Waals surface area (Å²) in [6.07, 6.45) is 0. The molecular formula is C15H21ClN2O2. The van der Waals surface area contributed by atoms with E-state index < -0.39 is 6.04 Å². The van der Waals surface area contributed by atoms with Crippen LogP contribution in [0, 0.1) is 5.92 Å². The highest BCUT2D eigenvalue weighted by molar-refractivity contribution is 5.85. The van der Waals surface area contributed by atoms with Gasteiger partial charge in [-0.25, -0.2) is 0 Å². The number of furan rings is 1. The lowest BCUT2D eigenvalue weighted by Crippen LogP contribution is -2.44. The second-order valence-corrected chi connectivity index (χ2v) is 5.19. The van der Waals surface area contributed by atoms with Crippen LogP contribution in [0.25, 0.3) is 11.0 Å². The topological polar surface area (TPSA) is 68.3 Å². The molecule has 1 amide bonds. The highest BCUT2D eigenvalue weighted by Crippen LogP contribution is 2.23. The van der Waals surface area contributed by atoms with E-state index in [-0.39, 0.29) is 30.3 Å². The maximum atomic E-state index is 11.9. The van der Waals surface area contributed by atoms with E-state index in [1.807, 2.05) is 51.1 Å². The summed E-state index contributed by atoms with van der Waals surface area (Å²) in [6, 6.07) is 9.04. The molecule has 0 saturated carbocycles. The Bertz CT molecular complexity index is 547. The summed E-state index contributed by atoms with van der Waals surface area (Å²) in [4.78, 5) is 11.9. The Labute approximate surface area is 125 Å². The fourth-order valence-electron chi connectivity index (χ4n) is 1.90. The summed E-state index contributed by atoms with van der Waals surface area (Å²) >= 11 is 0. The Balaban J connectivity index is 0.00000200. The van der Waals surface area contributed by atoms with Gasteiger partial charge in [-0.05, 0) is 25.0 Å². The van der Waals surface area contributed by atoms with E-state index in [1.165, 1.54) is 0 Å². The average molecular weight is 297 g/mol. The van der Waals surface area contributed by atoms with Gasteiger partial charge in [-0.15, -0.1) is 12.4 Å². The van der Waals surface area contributed by atoms with Crippen LogP contribution in [0.2, 0.25) is 0 Å². The largest absolute Gasteiger partial charge is 0.459 e. The summed E-state index contributed by atoms with van der Waals surface area (Å²) in [5.74, 6) is 0.705. The second-order valence-electron chi connectivity index (χ2n) is 5.19. The average Bonchev–Trinajstić information content (AvgIpc) is 2.81. The molecule has 1 heterocycles. The van der Waals surface area contributed by atoms with Crippen molar-refractivity contribution in [2.45, 2.75) is 32.9 Å². The van der Waals surface area contributed by atoms with Crippen molar-refractivity contribution in [3.05, 3.63) is 36.1 Å². The first-order valence-corrected chi connectivity index (χ1v) is 6.53. The Morgan fingerprint density at radius 2 is 1.90 bits per heavy atom. The molecule has 0 bridgehead atoms. The molecule has 3 N–H and O–H groups in total. The van der Waals surface area contributed by atoms with Crippen molar-refractivity contribution in [3.63, 3.8) is 0 Å². The quantitative estimate of drug-likeness (QED) is 0.911. The van der Waals surface area contributed by atoms with Crippen molar-refractivity contribution in [2.24, 2.45) is 11.7 Å². The fourth-order valence-corrected chi connectivity index (χ4v) is 1.90. The molecule has 0 radical (unpaired) electrons. The summed E-state index contributed by atoms with van der Waals surface area (Å²) in [5.41, 5.74) is 6.64. The Kier molecular flexibility index (Phi) is 5.60. The van der Waals surface area contributed by atoms with E-state index in [1.54, 1.807) is 0 Å². The maximum Gasteiger partial charge on any atom is 0.237 e. The van der Waals surface area contributed by atoms with E-state index in [4.69, 9.17) is 10.2 Å². The summed E-state index contributed by atoms with van der Waals surface area (Å²) in [7, 11) is 0. The standard InChI is InChI=1S/C15H20N2O2.ClH/c1-9(2)14(16)15(18)17-10(3)13-8-11-6-4-5-7-12(11)19-13;/h4-10,14H,16H2,1-3H3,(H,17,18);1H. The summed E-state index contributed by atoms with van der Waals surface area (Å²) in [5, 5.41) is 3.91. The van der Waals surface area contributed by atoms with Gasteiger partial charge in [0.1, 0.15) is 11.3 Å². The molecule has 0 spiro atoms. The molecule has 2 aromatic rings. The van der Waals surface area contributed by atoms with Crippen LogP contribution in [0.1, 0.15) is 32.6 Å². The lowest BCUT2D eigenvalue weighted by molar-refractivity contribution is -0.124. The number of para-hydroxylation sites is 1. The molecule has 0 aliphatic heterocycles. The van der Waals surface area contributed by atoms with Crippen molar-refractivity contribution < 1.29 is 9.21 Å². The third-order valence-electron chi connectivity index (χ3n) is 3.25. The van der Waals surface area contributed by atoms with Crippen LogP contribution in [-0.2, 0) is 4.79 Å². The van der Waals surface area contributed by atoms with Gasteiger partial charge in [-0.2, -0.15) is 0 Å². The van der Waals surface area contributed by atoms with Gasteiger partial charge in [-0.1, -0.05) is 32.0 Å².